The Labute approximate surface area is 109 Å². The van der Waals surface area contributed by atoms with Crippen LogP contribution in [0.15, 0.2) is 6.33 Å². The fourth-order valence-corrected chi connectivity index (χ4v) is 2.44. The van der Waals surface area contributed by atoms with E-state index in [1.807, 2.05) is 6.92 Å². The number of rotatable bonds is 6. The van der Waals surface area contributed by atoms with E-state index in [4.69, 9.17) is 5.11 Å². The number of hydrogen-bond donors (Lipinski definition) is 2. The zero-order valence-corrected chi connectivity index (χ0v) is 11.3. The van der Waals surface area contributed by atoms with Crippen molar-refractivity contribution in [3.8, 4) is 0 Å². The van der Waals surface area contributed by atoms with E-state index in [0.717, 1.165) is 35.8 Å². The lowest BCUT2D eigenvalue weighted by molar-refractivity contribution is 0.236. The van der Waals surface area contributed by atoms with Crippen LogP contribution in [-0.2, 0) is 0 Å². The van der Waals surface area contributed by atoms with E-state index < -0.39 is 0 Å². The summed E-state index contributed by atoms with van der Waals surface area (Å²) in [4.78, 5) is 8.54. The number of aryl methyl sites for hydroxylation is 1. The van der Waals surface area contributed by atoms with Crippen molar-refractivity contribution in [1.29, 1.82) is 0 Å². The van der Waals surface area contributed by atoms with Crippen molar-refractivity contribution in [1.82, 2.24) is 9.97 Å². The van der Waals surface area contributed by atoms with E-state index in [1.54, 1.807) is 6.33 Å². The van der Waals surface area contributed by atoms with Gasteiger partial charge in [0.05, 0.1) is 0 Å². The summed E-state index contributed by atoms with van der Waals surface area (Å²) in [7, 11) is 0. The van der Waals surface area contributed by atoms with Crippen molar-refractivity contribution in [3.05, 3.63) is 17.6 Å². The molecule has 1 atom stereocenters. The first-order valence-corrected chi connectivity index (χ1v) is 6.88. The molecule has 2 rings (SSSR count). The first-order valence-electron chi connectivity index (χ1n) is 6.88. The maximum absolute atomic E-state index is 9.00. The molecule has 1 saturated carbocycles. The second kappa shape index (κ2) is 6.14. The van der Waals surface area contributed by atoms with Crippen LogP contribution in [0.3, 0.4) is 0 Å². The van der Waals surface area contributed by atoms with E-state index in [-0.39, 0.29) is 6.61 Å². The van der Waals surface area contributed by atoms with Crippen molar-refractivity contribution < 1.29 is 5.11 Å². The highest BCUT2D eigenvalue weighted by atomic mass is 16.2. The number of aliphatic hydroxyl groups is 1. The van der Waals surface area contributed by atoms with Gasteiger partial charge in [0, 0.05) is 23.9 Å². The fraction of sp³-hybridized carbons (Fsp3) is 0.714. The average molecular weight is 249 g/mol. The number of nitrogens with one attached hydrogen (secondary N) is 1. The van der Waals surface area contributed by atoms with Crippen LogP contribution in [0.25, 0.3) is 0 Å². The van der Waals surface area contributed by atoms with E-state index in [9.17, 15) is 0 Å². The second-order valence-corrected chi connectivity index (χ2v) is 5.24. The number of hydrogen-bond acceptors (Lipinski definition) is 4. The minimum absolute atomic E-state index is 0.271. The molecule has 0 radical (unpaired) electrons. The van der Waals surface area contributed by atoms with E-state index in [1.165, 1.54) is 19.3 Å². The number of anilines is 1. The topological polar surface area (TPSA) is 58.0 Å². The Morgan fingerprint density at radius 1 is 1.39 bits per heavy atom. The highest BCUT2D eigenvalue weighted by molar-refractivity contribution is 5.45. The summed E-state index contributed by atoms with van der Waals surface area (Å²) in [6.07, 6.45) is 7.43. The van der Waals surface area contributed by atoms with Crippen LogP contribution >= 0.6 is 0 Å². The molecule has 18 heavy (non-hydrogen) atoms. The molecule has 0 saturated heterocycles. The lowest BCUT2D eigenvalue weighted by Gasteiger charge is -2.35. The monoisotopic (exact) mass is 249 g/mol. The Morgan fingerprint density at radius 2 is 2.17 bits per heavy atom. The largest absolute Gasteiger partial charge is 0.396 e. The Kier molecular flexibility index (Phi) is 4.53. The summed E-state index contributed by atoms with van der Waals surface area (Å²) in [5.74, 6) is 1.70. The predicted octanol–water partition coefficient (Wildman–Crippen LogP) is 2.45. The molecule has 1 aromatic heterocycles. The summed E-state index contributed by atoms with van der Waals surface area (Å²) in [5.41, 5.74) is 2.16. The Hall–Kier alpha value is -1.16. The molecule has 1 fully saturated rings. The van der Waals surface area contributed by atoms with Gasteiger partial charge in [-0.2, -0.15) is 0 Å². The second-order valence-electron chi connectivity index (χ2n) is 5.24. The van der Waals surface area contributed by atoms with Crippen molar-refractivity contribution in [2.75, 3.05) is 11.9 Å². The van der Waals surface area contributed by atoms with Crippen LogP contribution in [-0.4, -0.2) is 27.7 Å². The first-order chi connectivity index (χ1) is 8.72. The normalized spacial score (nSPS) is 17.3. The maximum atomic E-state index is 9.00. The smallest absolute Gasteiger partial charge is 0.132 e. The van der Waals surface area contributed by atoms with Gasteiger partial charge < -0.3 is 10.4 Å². The molecule has 1 aliphatic carbocycles. The molecule has 2 N–H and O–H groups in total. The molecule has 0 aliphatic heterocycles. The Bertz CT molecular complexity index is 391. The molecule has 0 bridgehead atoms. The number of nitrogens with zero attached hydrogens (tertiary/aromatic N) is 2. The highest BCUT2D eigenvalue weighted by Gasteiger charge is 2.27. The Morgan fingerprint density at radius 3 is 2.78 bits per heavy atom. The van der Waals surface area contributed by atoms with E-state index in [0.29, 0.717) is 6.04 Å². The fourth-order valence-electron chi connectivity index (χ4n) is 2.44. The van der Waals surface area contributed by atoms with Gasteiger partial charge in [-0.1, -0.05) is 6.42 Å². The van der Waals surface area contributed by atoms with E-state index >= 15 is 0 Å². The van der Waals surface area contributed by atoms with Crippen molar-refractivity contribution in [2.45, 2.75) is 52.0 Å². The number of aliphatic hydroxyl groups excluding tert-OH is 1. The van der Waals surface area contributed by atoms with Crippen molar-refractivity contribution in [2.24, 2.45) is 5.92 Å². The minimum Gasteiger partial charge on any atom is -0.396 e. The quantitative estimate of drug-likeness (QED) is 0.813. The molecule has 1 aliphatic rings. The van der Waals surface area contributed by atoms with Crippen LogP contribution in [0, 0.1) is 19.8 Å². The third-order valence-electron chi connectivity index (χ3n) is 4.05. The van der Waals surface area contributed by atoms with E-state index in [2.05, 4.69) is 22.2 Å². The van der Waals surface area contributed by atoms with Crippen LogP contribution in [0.4, 0.5) is 5.82 Å². The molecule has 0 amide bonds. The molecule has 1 aromatic rings. The van der Waals surface area contributed by atoms with Crippen molar-refractivity contribution >= 4 is 5.82 Å². The summed E-state index contributed by atoms with van der Waals surface area (Å²) in [5, 5.41) is 12.6. The zero-order valence-electron chi connectivity index (χ0n) is 11.3. The summed E-state index contributed by atoms with van der Waals surface area (Å²) >= 11 is 0. The summed E-state index contributed by atoms with van der Waals surface area (Å²) in [6, 6.07) is 0.443. The van der Waals surface area contributed by atoms with Gasteiger partial charge in [0.15, 0.2) is 0 Å². The summed E-state index contributed by atoms with van der Waals surface area (Å²) < 4.78 is 0. The predicted molar refractivity (Wildman–Crippen MR) is 72.6 cm³/mol. The van der Waals surface area contributed by atoms with Gasteiger partial charge in [-0.3, -0.25) is 0 Å². The SMILES string of the molecule is Cc1ncnc(N[C@H](CCCO)C2CCC2)c1C. The van der Waals surface area contributed by atoms with Gasteiger partial charge in [-0.25, -0.2) is 9.97 Å². The molecule has 1 heterocycles. The van der Waals surface area contributed by atoms with Crippen LogP contribution in [0.5, 0.6) is 0 Å². The molecule has 4 heteroatoms. The van der Waals surface area contributed by atoms with Crippen LogP contribution in [0.1, 0.15) is 43.4 Å². The first kappa shape index (κ1) is 13.3. The minimum atomic E-state index is 0.271. The van der Waals surface area contributed by atoms with Crippen molar-refractivity contribution in [3.63, 3.8) is 0 Å². The lowest BCUT2D eigenvalue weighted by atomic mass is 9.78. The molecule has 0 aromatic carbocycles. The van der Waals surface area contributed by atoms with Gasteiger partial charge in [0.1, 0.15) is 12.1 Å². The van der Waals surface area contributed by atoms with Crippen LogP contribution in [0.2, 0.25) is 0 Å². The maximum Gasteiger partial charge on any atom is 0.132 e. The van der Waals surface area contributed by atoms with Gasteiger partial charge in [0.2, 0.25) is 0 Å². The standard InChI is InChI=1S/C14H23N3O/c1-10-11(2)15-9-16-14(10)17-13(7-4-8-18)12-5-3-6-12/h9,12-13,18H,3-8H2,1-2H3,(H,15,16,17)/t13-/m1/s1. The average Bonchev–Trinajstić information content (AvgIpc) is 2.29. The summed E-state index contributed by atoms with van der Waals surface area (Å²) in [6.45, 7) is 4.34. The molecule has 0 unspecified atom stereocenters. The van der Waals surface area contributed by atoms with Crippen LogP contribution < -0.4 is 5.32 Å². The lowest BCUT2D eigenvalue weighted by Crippen LogP contribution is -2.34. The molecule has 4 nitrogen and oxygen atoms in total. The molecule has 0 spiro atoms. The molecular weight excluding hydrogens is 226 g/mol. The van der Waals surface area contributed by atoms with Gasteiger partial charge in [-0.05, 0) is 45.4 Å². The Balaban J connectivity index is 2.04. The highest BCUT2D eigenvalue weighted by Crippen LogP contribution is 2.33. The van der Waals surface area contributed by atoms with Gasteiger partial charge >= 0.3 is 0 Å². The molecular formula is C14H23N3O. The third kappa shape index (κ3) is 2.99. The number of aromatic nitrogens is 2. The third-order valence-corrected chi connectivity index (χ3v) is 4.05. The molecule has 100 valence electrons. The zero-order chi connectivity index (χ0) is 13.0. The van der Waals surface area contributed by atoms with Gasteiger partial charge in [0.25, 0.3) is 0 Å². The van der Waals surface area contributed by atoms with Gasteiger partial charge in [-0.15, -0.1) is 0 Å².